The minimum absolute atomic E-state index is 0.117. The van der Waals surface area contributed by atoms with Gasteiger partial charge in [0.15, 0.2) is 11.5 Å². The monoisotopic (exact) mass is 396 g/mol. The van der Waals surface area contributed by atoms with Gasteiger partial charge >= 0.3 is 5.97 Å². The fraction of sp³-hybridized carbons (Fsp3) is 0.261. The second-order valence-corrected chi connectivity index (χ2v) is 6.99. The van der Waals surface area contributed by atoms with Crippen molar-refractivity contribution in [2.75, 3.05) is 6.61 Å². The topological polar surface area (TPSA) is 107 Å². The van der Waals surface area contributed by atoms with Gasteiger partial charge in [0.2, 0.25) is 0 Å². The number of aryl methyl sites for hydroxylation is 1. The molecule has 152 valence electrons. The highest BCUT2D eigenvalue weighted by Gasteiger charge is 2.16. The molecule has 0 amide bonds. The number of fused-ring (bicyclic) bond motifs is 1. The van der Waals surface area contributed by atoms with Gasteiger partial charge in [-0.2, -0.15) is 0 Å². The molecule has 0 atom stereocenters. The van der Waals surface area contributed by atoms with Crippen LogP contribution in [0.25, 0.3) is 10.8 Å². The average Bonchev–Trinajstić information content (AvgIpc) is 2.68. The highest BCUT2D eigenvalue weighted by atomic mass is 16.5. The van der Waals surface area contributed by atoms with Crippen molar-refractivity contribution < 1.29 is 30.0 Å². The molecule has 0 heterocycles. The number of hydrogen-bond acceptors (Lipinski definition) is 5. The van der Waals surface area contributed by atoms with E-state index in [0.717, 1.165) is 42.9 Å². The highest BCUT2D eigenvalue weighted by Crippen LogP contribution is 2.31. The van der Waals surface area contributed by atoms with Crippen LogP contribution in [-0.2, 0) is 6.42 Å². The van der Waals surface area contributed by atoms with Gasteiger partial charge in [0.1, 0.15) is 17.1 Å². The van der Waals surface area contributed by atoms with Crippen molar-refractivity contribution in [1.29, 1.82) is 0 Å². The molecule has 29 heavy (non-hydrogen) atoms. The van der Waals surface area contributed by atoms with Gasteiger partial charge in [0.25, 0.3) is 0 Å². The lowest BCUT2D eigenvalue weighted by atomic mass is 10.0. The first-order chi connectivity index (χ1) is 14.0. The van der Waals surface area contributed by atoms with Crippen molar-refractivity contribution in [3.8, 4) is 23.0 Å². The molecule has 0 aromatic heterocycles. The maximum absolute atomic E-state index is 11.2. The van der Waals surface area contributed by atoms with E-state index in [1.54, 1.807) is 24.3 Å². The predicted octanol–water partition coefficient (Wildman–Crippen LogP) is 4.84. The third-order valence-corrected chi connectivity index (χ3v) is 4.83. The van der Waals surface area contributed by atoms with Gasteiger partial charge < -0.3 is 25.2 Å². The van der Waals surface area contributed by atoms with Crippen LogP contribution < -0.4 is 4.74 Å². The van der Waals surface area contributed by atoms with Gasteiger partial charge in [-0.3, -0.25) is 0 Å². The van der Waals surface area contributed by atoms with Gasteiger partial charge in [-0.25, -0.2) is 4.79 Å². The molecule has 0 aliphatic rings. The summed E-state index contributed by atoms with van der Waals surface area (Å²) in [5.74, 6) is -1.56. The molecule has 3 aromatic carbocycles. The van der Waals surface area contributed by atoms with Crippen molar-refractivity contribution in [3.63, 3.8) is 0 Å². The summed E-state index contributed by atoms with van der Waals surface area (Å²) in [5.41, 5.74) is 0.966. The van der Waals surface area contributed by atoms with Crippen LogP contribution in [0.1, 0.15) is 41.6 Å². The quantitative estimate of drug-likeness (QED) is 0.305. The Bertz CT molecular complexity index is 1010. The number of aromatic carboxylic acids is 1. The van der Waals surface area contributed by atoms with Crippen LogP contribution in [0.15, 0.2) is 48.5 Å². The van der Waals surface area contributed by atoms with Crippen molar-refractivity contribution in [3.05, 3.63) is 59.7 Å². The molecular weight excluding hydrogens is 372 g/mol. The van der Waals surface area contributed by atoms with E-state index >= 15 is 0 Å². The minimum atomic E-state index is -1.21. The Hall–Kier alpha value is -3.41. The molecule has 6 heteroatoms. The lowest BCUT2D eigenvalue weighted by Gasteiger charge is -2.10. The fourth-order valence-corrected chi connectivity index (χ4v) is 3.30. The van der Waals surface area contributed by atoms with Crippen LogP contribution in [0.3, 0.4) is 0 Å². The van der Waals surface area contributed by atoms with Crippen molar-refractivity contribution in [1.82, 2.24) is 0 Å². The first-order valence-corrected chi connectivity index (χ1v) is 9.58. The normalized spacial score (nSPS) is 10.9. The molecule has 0 aliphatic heterocycles. The van der Waals surface area contributed by atoms with Crippen LogP contribution in [-0.4, -0.2) is 33.0 Å². The number of rotatable bonds is 9. The first-order valence-electron chi connectivity index (χ1n) is 9.58. The summed E-state index contributed by atoms with van der Waals surface area (Å²) < 4.78 is 5.53. The molecular formula is C23H24O6. The number of unbranched alkanes of at least 4 members (excludes halogenated alkanes) is 3. The summed E-state index contributed by atoms with van der Waals surface area (Å²) in [6.07, 6.45) is 4.66. The number of phenols is 3. The van der Waals surface area contributed by atoms with E-state index in [1.807, 2.05) is 18.2 Å². The zero-order chi connectivity index (χ0) is 20.8. The molecule has 3 rings (SSSR count). The SMILES string of the molecule is O=C(O)c1c(O)cccc1OCCCCCCc1ccc2cc(O)c(O)cc2c1. The van der Waals surface area contributed by atoms with Gasteiger partial charge in [0, 0.05) is 0 Å². The largest absolute Gasteiger partial charge is 0.507 e. The second-order valence-electron chi connectivity index (χ2n) is 6.99. The third kappa shape index (κ3) is 5.10. The molecule has 0 bridgehead atoms. The van der Waals surface area contributed by atoms with Gasteiger partial charge in [-0.05, 0) is 59.9 Å². The van der Waals surface area contributed by atoms with Crippen LogP contribution in [0.4, 0.5) is 0 Å². The number of phenolic OH excluding ortho intramolecular Hbond substituents is 2. The third-order valence-electron chi connectivity index (χ3n) is 4.83. The number of benzene rings is 3. The molecule has 0 spiro atoms. The van der Waals surface area contributed by atoms with Crippen LogP contribution in [0, 0.1) is 0 Å². The Morgan fingerprint density at radius 1 is 0.793 bits per heavy atom. The number of carboxylic acids is 1. The summed E-state index contributed by atoms with van der Waals surface area (Å²) in [6.45, 7) is 0.391. The van der Waals surface area contributed by atoms with E-state index in [-0.39, 0.29) is 28.6 Å². The predicted molar refractivity (Wildman–Crippen MR) is 110 cm³/mol. The summed E-state index contributed by atoms with van der Waals surface area (Å²) >= 11 is 0. The maximum Gasteiger partial charge on any atom is 0.343 e. The lowest BCUT2D eigenvalue weighted by Crippen LogP contribution is -2.04. The molecule has 4 N–H and O–H groups in total. The van der Waals surface area contributed by atoms with E-state index in [1.165, 1.54) is 11.6 Å². The molecule has 0 radical (unpaired) electrons. The van der Waals surface area contributed by atoms with Gasteiger partial charge in [0.05, 0.1) is 6.61 Å². The fourth-order valence-electron chi connectivity index (χ4n) is 3.30. The Kier molecular flexibility index (Phi) is 6.44. The summed E-state index contributed by atoms with van der Waals surface area (Å²) in [5, 5.41) is 39.8. The molecule has 0 unspecified atom stereocenters. The van der Waals surface area contributed by atoms with Crippen LogP contribution >= 0.6 is 0 Å². The molecule has 6 nitrogen and oxygen atoms in total. The van der Waals surface area contributed by atoms with E-state index < -0.39 is 5.97 Å². The second kappa shape index (κ2) is 9.19. The summed E-state index contributed by atoms with van der Waals surface area (Å²) in [4.78, 5) is 11.2. The summed E-state index contributed by atoms with van der Waals surface area (Å²) in [7, 11) is 0. The van der Waals surface area contributed by atoms with E-state index in [9.17, 15) is 20.1 Å². The minimum Gasteiger partial charge on any atom is -0.507 e. The molecule has 0 saturated heterocycles. The lowest BCUT2D eigenvalue weighted by molar-refractivity contribution is 0.0688. The Labute approximate surface area is 168 Å². The summed E-state index contributed by atoms with van der Waals surface area (Å²) in [6, 6.07) is 13.5. The standard InChI is InChI=1S/C23H24O6/c24-18-7-5-8-21(22(18)23(27)28)29-11-4-2-1-3-6-15-9-10-16-13-19(25)20(26)14-17(16)12-15/h5,7-10,12-14,24-26H,1-4,6,11H2,(H,27,28). The maximum atomic E-state index is 11.2. The van der Waals surface area contributed by atoms with E-state index in [0.29, 0.717) is 6.61 Å². The smallest absolute Gasteiger partial charge is 0.343 e. The van der Waals surface area contributed by atoms with E-state index in [4.69, 9.17) is 9.84 Å². The Morgan fingerprint density at radius 3 is 2.28 bits per heavy atom. The highest BCUT2D eigenvalue weighted by molar-refractivity contribution is 5.94. The number of ether oxygens (including phenoxy) is 1. The van der Waals surface area contributed by atoms with Gasteiger partial charge in [-0.1, -0.05) is 37.1 Å². The Morgan fingerprint density at radius 2 is 1.52 bits per heavy atom. The molecule has 0 fully saturated rings. The van der Waals surface area contributed by atoms with Gasteiger partial charge in [-0.15, -0.1) is 0 Å². The zero-order valence-electron chi connectivity index (χ0n) is 16.0. The first kappa shape index (κ1) is 20.3. The van der Waals surface area contributed by atoms with Crippen molar-refractivity contribution in [2.45, 2.75) is 32.1 Å². The molecule has 3 aromatic rings. The molecule has 0 aliphatic carbocycles. The Balaban J connectivity index is 1.42. The number of aromatic hydroxyl groups is 3. The molecule has 0 saturated carbocycles. The van der Waals surface area contributed by atoms with Crippen molar-refractivity contribution in [2.24, 2.45) is 0 Å². The van der Waals surface area contributed by atoms with Crippen LogP contribution in [0.5, 0.6) is 23.0 Å². The number of hydrogen-bond donors (Lipinski definition) is 4. The number of carbonyl (C=O) groups is 1. The zero-order valence-corrected chi connectivity index (χ0v) is 16.0. The van der Waals surface area contributed by atoms with Crippen molar-refractivity contribution >= 4 is 16.7 Å². The average molecular weight is 396 g/mol. The van der Waals surface area contributed by atoms with E-state index in [2.05, 4.69) is 0 Å². The van der Waals surface area contributed by atoms with Crippen LogP contribution in [0.2, 0.25) is 0 Å². The number of carboxylic acid groups (broad SMARTS) is 1.